The first-order chi connectivity index (χ1) is 11.7. The second-order valence-electron chi connectivity index (χ2n) is 7.79. The Morgan fingerprint density at radius 2 is 1.76 bits per heavy atom. The van der Waals surface area contributed by atoms with Gasteiger partial charge in [0.2, 0.25) is 10.0 Å². The molecule has 1 aliphatic carbocycles. The van der Waals surface area contributed by atoms with Crippen molar-refractivity contribution in [3.63, 3.8) is 0 Å². The average molecular weight is 362 g/mol. The summed E-state index contributed by atoms with van der Waals surface area (Å²) in [5.74, 6) is 0.779. The Bertz CT molecular complexity index is 859. The number of sulfonamides is 1. The maximum Gasteiger partial charge on any atom is 0.240 e. The number of hydrogen-bond acceptors (Lipinski definition) is 3. The lowest BCUT2D eigenvalue weighted by atomic mass is 9.87. The normalized spacial score (nSPS) is 15.2. The molecule has 0 fully saturated rings. The summed E-state index contributed by atoms with van der Waals surface area (Å²) >= 11 is 0. The molecule has 0 saturated carbocycles. The van der Waals surface area contributed by atoms with Gasteiger partial charge in [-0.2, -0.15) is 0 Å². The van der Waals surface area contributed by atoms with Crippen LogP contribution in [0.4, 0.5) is 0 Å². The van der Waals surface area contributed by atoms with Crippen LogP contribution in [0.25, 0.3) is 0 Å². The van der Waals surface area contributed by atoms with Gasteiger partial charge in [0.25, 0.3) is 0 Å². The predicted molar refractivity (Wildman–Crippen MR) is 99.0 cm³/mol. The van der Waals surface area contributed by atoms with Crippen LogP contribution in [0.1, 0.15) is 56.4 Å². The summed E-state index contributed by atoms with van der Waals surface area (Å²) < 4.78 is 29.9. The monoisotopic (exact) mass is 361 g/mol. The molecule has 0 atom stereocenters. The fourth-order valence-corrected chi connectivity index (χ4v) is 4.26. The fourth-order valence-electron chi connectivity index (χ4n) is 3.28. The van der Waals surface area contributed by atoms with Gasteiger partial charge in [0, 0.05) is 12.7 Å². The minimum absolute atomic E-state index is 0.00174. The van der Waals surface area contributed by atoms with Crippen LogP contribution in [0, 0.1) is 0 Å². The van der Waals surface area contributed by atoms with Crippen LogP contribution in [-0.2, 0) is 41.9 Å². The smallest absolute Gasteiger partial charge is 0.240 e. The van der Waals surface area contributed by atoms with Gasteiger partial charge in [0.05, 0.1) is 17.1 Å². The molecule has 0 amide bonds. The highest BCUT2D eigenvalue weighted by atomic mass is 32.2. The number of hydrogen-bond donors (Lipinski definition) is 1. The number of aryl methyl sites for hydroxylation is 1. The highest BCUT2D eigenvalue weighted by Crippen LogP contribution is 2.24. The number of imidazole rings is 1. The van der Waals surface area contributed by atoms with E-state index in [1.165, 1.54) is 12.1 Å². The van der Waals surface area contributed by atoms with Crippen LogP contribution in [0.3, 0.4) is 0 Å². The van der Waals surface area contributed by atoms with Crippen molar-refractivity contribution in [2.45, 2.75) is 63.3 Å². The van der Waals surface area contributed by atoms with Gasteiger partial charge >= 0.3 is 0 Å². The molecule has 0 bridgehead atoms. The molecule has 1 aromatic carbocycles. The maximum atomic E-state index is 12.6. The molecule has 5 nitrogen and oxygen atoms in total. The zero-order valence-electron chi connectivity index (χ0n) is 15.5. The van der Waals surface area contributed by atoms with Crippen molar-refractivity contribution in [1.82, 2.24) is 14.3 Å². The van der Waals surface area contributed by atoms with Crippen molar-refractivity contribution in [1.29, 1.82) is 0 Å². The van der Waals surface area contributed by atoms with E-state index in [2.05, 4.69) is 30.5 Å². The Kier molecular flexibility index (Phi) is 4.77. The van der Waals surface area contributed by atoms with Crippen molar-refractivity contribution < 1.29 is 8.42 Å². The van der Waals surface area contributed by atoms with Gasteiger partial charge in [0.15, 0.2) is 0 Å². The molecule has 1 heterocycles. The number of rotatable bonds is 4. The second kappa shape index (κ2) is 6.57. The first-order valence-electron chi connectivity index (χ1n) is 8.82. The van der Waals surface area contributed by atoms with Crippen LogP contribution >= 0.6 is 0 Å². The predicted octanol–water partition coefficient (Wildman–Crippen LogP) is 3.07. The van der Waals surface area contributed by atoms with E-state index < -0.39 is 10.0 Å². The van der Waals surface area contributed by atoms with Crippen molar-refractivity contribution in [2.75, 3.05) is 0 Å². The molecular formula is C19H27N3O2S. The highest BCUT2D eigenvalue weighted by Gasteiger charge is 2.21. The Morgan fingerprint density at radius 1 is 1.12 bits per heavy atom. The van der Waals surface area contributed by atoms with Gasteiger partial charge in [-0.1, -0.05) is 32.9 Å². The third-order valence-electron chi connectivity index (χ3n) is 4.92. The van der Waals surface area contributed by atoms with E-state index in [0.29, 0.717) is 4.90 Å². The van der Waals surface area contributed by atoms with Gasteiger partial charge in [0.1, 0.15) is 5.82 Å². The topological polar surface area (TPSA) is 64.0 Å². The molecule has 0 spiro atoms. The zero-order valence-corrected chi connectivity index (χ0v) is 16.3. The standard InChI is InChI=1S/C19H27N3O2S/c1-19(2,3)14-9-11-15(12-10-14)25(23,24)20-13-18-21-16-7-5-6-8-17(16)22(18)4/h9-12,20H,5-8,13H2,1-4H3. The van der Waals surface area contributed by atoms with Gasteiger partial charge < -0.3 is 4.57 Å². The van der Waals surface area contributed by atoms with Crippen LogP contribution in [0.5, 0.6) is 0 Å². The van der Waals surface area contributed by atoms with E-state index in [0.717, 1.165) is 36.3 Å². The molecule has 2 aromatic rings. The number of nitrogens with one attached hydrogen (secondary N) is 1. The molecule has 0 saturated heterocycles. The number of nitrogens with zero attached hydrogens (tertiary/aromatic N) is 2. The fraction of sp³-hybridized carbons (Fsp3) is 0.526. The minimum atomic E-state index is -3.54. The summed E-state index contributed by atoms with van der Waals surface area (Å²) in [5, 5.41) is 0. The van der Waals surface area contributed by atoms with E-state index in [4.69, 9.17) is 0 Å². The average Bonchev–Trinajstić information content (AvgIpc) is 2.89. The summed E-state index contributed by atoms with van der Waals surface area (Å²) in [6.07, 6.45) is 4.36. The van der Waals surface area contributed by atoms with Crippen molar-refractivity contribution in [3.05, 3.63) is 47.0 Å². The van der Waals surface area contributed by atoms with Gasteiger partial charge in [-0.15, -0.1) is 0 Å². The van der Waals surface area contributed by atoms with Gasteiger partial charge in [-0.05, 0) is 48.8 Å². The third kappa shape index (κ3) is 3.80. The molecule has 6 heteroatoms. The summed E-state index contributed by atoms with van der Waals surface area (Å²) in [7, 11) is -1.57. The van der Waals surface area contributed by atoms with Crippen molar-refractivity contribution in [2.24, 2.45) is 7.05 Å². The van der Waals surface area contributed by atoms with Crippen LogP contribution in [0.15, 0.2) is 29.2 Å². The number of benzene rings is 1. The molecule has 0 radical (unpaired) electrons. The lowest BCUT2D eigenvalue weighted by Gasteiger charge is -2.19. The summed E-state index contributed by atoms with van der Waals surface area (Å²) in [4.78, 5) is 4.92. The number of fused-ring (bicyclic) bond motifs is 1. The van der Waals surface area contributed by atoms with Crippen molar-refractivity contribution in [3.8, 4) is 0 Å². The van der Waals surface area contributed by atoms with Crippen LogP contribution in [-0.4, -0.2) is 18.0 Å². The minimum Gasteiger partial charge on any atom is -0.334 e. The Hall–Kier alpha value is -1.66. The largest absolute Gasteiger partial charge is 0.334 e. The maximum absolute atomic E-state index is 12.6. The first kappa shape index (κ1) is 18.1. The van der Waals surface area contributed by atoms with E-state index >= 15 is 0 Å². The Balaban J connectivity index is 1.75. The van der Waals surface area contributed by atoms with Gasteiger partial charge in [-0.3, -0.25) is 0 Å². The Labute approximate surface area is 150 Å². The molecule has 1 aliphatic rings. The molecule has 25 heavy (non-hydrogen) atoms. The summed E-state index contributed by atoms with van der Waals surface area (Å²) in [6, 6.07) is 7.11. The summed E-state index contributed by atoms with van der Waals surface area (Å²) in [6.45, 7) is 6.54. The van der Waals surface area contributed by atoms with Crippen LogP contribution in [0.2, 0.25) is 0 Å². The molecule has 1 N–H and O–H groups in total. The molecule has 0 unspecified atom stereocenters. The second-order valence-corrected chi connectivity index (χ2v) is 9.55. The van der Waals surface area contributed by atoms with E-state index in [9.17, 15) is 8.42 Å². The molecular weight excluding hydrogens is 334 g/mol. The lowest BCUT2D eigenvalue weighted by Crippen LogP contribution is -2.25. The van der Waals surface area contributed by atoms with Gasteiger partial charge in [-0.25, -0.2) is 18.1 Å². The molecule has 136 valence electrons. The highest BCUT2D eigenvalue weighted by molar-refractivity contribution is 7.89. The third-order valence-corrected chi connectivity index (χ3v) is 6.33. The van der Waals surface area contributed by atoms with Crippen molar-refractivity contribution >= 4 is 10.0 Å². The molecule has 1 aromatic heterocycles. The Morgan fingerprint density at radius 3 is 2.36 bits per heavy atom. The summed E-state index contributed by atoms with van der Waals surface area (Å²) in [5.41, 5.74) is 3.48. The van der Waals surface area contributed by atoms with E-state index in [1.807, 2.05) is 23.7 Å². The van der Waals surface area contributed by atoms with E-state index in [-0.39, 0.29) is 12.0 Å². The number of aromatic nitrogens is 2. The SMILES string of the molecule is Cn1c(CNS(=O)(=O)c2ccc(C(C)(C)C)cc2)nc2c1CCCC2. The lowest BCUT2D eigenvalue weighted by molar-refractivity contribution is 0.574. The first-order valence-corrected chi connectivity index (χ1v) is 10.3. The van der Waals surface area contributed by atoms with E-state index in [1.54, 1.807) is 12.1 Å². The van der Waals surface area contributed by atoms with Crippen LogP contribution < -0.4 is 4.72 Å². The quantitative estimate of drug-likeness (QED) is 0.910. The zero-order chi connectivity index (χ0) is 18.2. The molecule has 3 rings (SSSR count). The molecule has 0 aliphatic heterocycles.